The zero-order chi connectivity index (χ0) is 19.2. The van der Waals surface area contributed by atoms with Gasteiger partial charge in [-0.1, -0.05) is 12.7 Å². The molecule has 3 amide bonds. The van der Waals surface area contributed by atoms with E-state index < -0.39 is 23.8 Å². The summed E-state index contributed by atoms with van der Waals surface area (Å²) in [7, 11) is 0. The van der Waals surface area contributed by atoms with E-state index in [4.69, 9.17) is 9.47 Å². The molecule has 0 aromatic heterocycles. The molecule has 0 aliphatic carbocycles. The number of ether oxygens (including phenoxy) is 2. The van der Waals surface area contributed by atoms with Crippen molar-refractivity contribution in [2.24, 2.45) is 0 Å². The molecule has 1 fully saturated rings. The van der Waals surface area contributed by atoms with Crippen molar-refractivity contribution in [2.45, 2.75) is 52.3 Å². The van der Waals surface area contributed by atoms with Gasteiger partial charge in [0.15, 0.2) is 0 Å². The molecule has 0 aromatic carbocycles. The number of carbonyl (C=O) groups is 3. The molecule has 1 N–H and O–H groups in total. The first-order chi connectivity index (χ1) is 11.5. The minimum atomic E-state index is -0.611. The number of hydrogen-bond acceptors (Lipinski definition) is 5. The molecule has 142 valence electrons. The number of nitrogens with zero attached hydrogens (tertiary/aromatic N) is 2. The molecule has 0 radical (unpaired) electrons. The van der Waals surface area contributed by atoms with Crippen LogP contribution >= 0.6 is 0 Å². The first-order valence-corrected chi connectivity index (χ1v) is 8.35. The average Bonchev–Trinajstić information content (AvgIpc) is 2.47. The highest BCUT2D eigenvalue weighted by molar-refractivity contribution is 5.84. The summed E-state index contributed by atoms with van der Waals surface area (Å²) >= 11 is 0. The summed E-state index contributed by atoms with van der Waals surface area (Å²) in [5.74, 6) is -0.292. The highest BCUT2D eigenvalue weighted by Gasteiger charge is 2.33. The molecule has 0 bridgehead atoms. The van der Waals surface area contributed by atoms with E-state index in [1.807, 2.05) is 13.8 Å². The maximum atomic E-state index is 12.4. The predicted octanol–water partition coefficient (Wildman–Crippen LogP) is 1.75. The zero-order valence-electron chi connectivity index (χ0n) is 15.7. The summed E-state index contributed by atoms with van der Waals surface area (Å²) in [4.78, 5) is 39.1. The monoisotopic (exact) mass is 355 g/mol. The molecule has 8 heteroatoms. The topological polar surface area (TPSA) is 88.2 Å². The quantitative estimate of drug-likeness (QED) is 0.759. The molecule has 0 aromatic rings. The molecular weight excluding hydrogens is 326 g/mol. The van der Waals surface area contributed by atoms with Crippen molar-refractivity contribution >= 4 is 18.1 Å². The Morgan fingerprint density at radius 3 is 2.60 bits per heavy atom. The number of amides is 3. The third kappa shape index (κ3) is 7.03. The van der Waals surface area contributed by atoms with Gasteiger partial charge in [0.1, 0.15) is 18.8 Å². The summed E-state index contributed by atoms with van der Waals surface area (Å²) in [5.41, 5.74) is -0.611. The van der Waals surface area contributed by atoms with Crippen molar-refractivity contribution in [3.05, 3.63) is 12.7 Å². The molecule has 1 heterocycles. The van der Waals surface area contributed by atoms with Gasteiger partial charge < -0.3 is 19.7 Å². The standard InChI is InChI=1S/C17H29N3O5/c1-7-8-24-15(22)19-9-13(18-14(21)11-19)10-20(12(2)3)16(23)25-17(4,5)6/h7,12-13H,1,8-11H2,2-6H3,(H,18,21). The van der Waals surface area contributed by atoms with Gasteiger partial charge in [0.25, 0.3) is 0 Å². The van der Waals surface area contributed by atoms with Crippen molar-refractivity contribution in [3.8, 4) is 0 Å². The molecule has 1 unspecified atom stereocenters. The van der Waals surface area contributed by atoms with Gasteiger partial charge in [-0.15, -0.1) is 0 Å². The van der Waals surface area contributed by atoms with E-state index in [2.05, 4.69) is 11.9 Å². The lowest BCUT2D eigenvalue weighted by Gasteiger charge is -2.37. The fourth-order valence-corrected chi connectivity index (χ4v) is 2.34. The molecule has 0 spiro atoms. The van der Waals surface area contributed by atoms with Crippen LogP contribution in [0, 0.1) is 0 Å². The number of piperazine rings is 1. The summed E-state index contributed by atoms with van der Waals surface area (Å²) in [6.45, 7) is 13.1. The smallest absolute Gasteiger partial charge is 0.410 e. The second-order valence-corrected chi connectivity index (χ2v) is 7.24. The molecular formula is C17H29N3O5. The third-order valence-electron chi connectivity index (χ3n) is 3.39. The number of nitrogens with one attached hydrogen (secondary N) is 1. The molecule has 1 atom stereocenters. The first-order valence-electron chi connectivity index (χ1n) is 8.35. The Morgan fingerprint density at radius 2 is 2.08 bits per heavy atom. The minimum Gasteiger partial charge on any atom is -0.445 e. The van der Waals surface area contributed by atoms with Crippen LogP contribution < -0.4 is 5.32 Å². The van der Waals surface area contributed by atoms with Crippen LogP contribution in [0.15, 0.2) is 12.7 Å². The maximum Gasteiger partial charge on any atom is 0.410 e. The van der Waals surface area contributed by atoms with Gasteiger partial charge in [0, 0.05) is 19.1 Å². The predicted molar refractivity (Wildman–Crippen MR) is 93.1 cm³/mol. The molecule has 1 aliphatic heterocycles. The maximum absolute atomic E-state index is 12.4. The van der Waals surface area contributed by atoms with Crippen LogP contribution in [0.1, 0.15) is 34.6 Å². The Balaban J connectivity index is 2.76. The fourth-order valence-electron chi connectivity index (χ4n) is 2.34. The van der Waals surface area contributed by atoms with E-state index in [0.717, 1.165) is 0 Å². The second kappa shape index (κ2) is 8.73. The highest BCUT2D eigenvalue weighted by Crippen LogP contribution is 2.14. The van der Waals surface area contributed by atoms with Gasteiger partial charge in [-0.2, -0.15) is 0 Å². The lowest BCUT2D eigenvalue weighted by molar-refractivity contribution is -0.125. The van der Waals surface area contributed by atoms with Crippen molar-refractivity contribution in [3.63, 3.8) is 0 Å². The van der Waals surface area contributed by atoms with E-state index in [0.29, 0.717) is 0 Å². The Bertz CT molecular complexity index is 513. The van der Waals surface area contributed by atoms with Gasteiger partial charge >= 0.3 is 12.2 Å². The average molecular weight is 355 g/mol. The van der Waals surface area contributed by atoms with E-state index >= 15 is 0 Å². The number of carbonyl (C=O) groups excluding carboxylic acids is 3. The summed E-state index contributed by atoms with van der Waals surface area (Å²) in [6.07, 6.45) is 0.429. The normalized spacial score (nSPS) is 17.8. The lowest BCUT2D eigenvalue weighted by atomic mass is 10.1. The van der Waals surface area contributed by atoms with Crippen LogP contribution in [-0.4, -0.2) is 71.8 Å². The number of hydrogen-bond donors (Lipinski definition) is 1. The zero-order valence-corrected chi connectivity index (χ0v) is 15.7. The molecule has 25 heavy (non-hydrogen) atoms. The van der Waals surface area contributed by atoms with Crippen LogP contribution in [0.5, 0.6) is 0 Å². The molecule has 8 nitrogen and oxygen atoms in total. The second-order valence-electron chi connectivity index (χ2n) is 7.24. The largest absolute Gasteiger partial charge is 0.445 e. The third-order valence-corrected chi connectivity index (χ3v) is 3.39. The molecule has 1 saturated heterocycles. The van der Waals surface area contributed by atoms with E-state index in [1.54, 1.807) is 20.8 Å². The van der Waals surface area contributed by atoms with Crippen molar-refractivity contribution in [1.29, 1.82) is 0 Å². The van der Waals surface area contributed by atoms with Gasteiger partial charge in [-0.3, -0.25) is 9.69 Å². The number of rotatable bonds is 5. The van der Waals surface area contributed by atoms with Crippen molar-refractivity contribution in [2.75, 3.05) is 26.2 Å². The van der Waals surface area contributed by atoms with Gasteiger partial charge in [-0.05, 0) is 34.6 Å². The van der Waals surface area contributed by atoms with Crippen LogP contribution in [0.25, 0.3) is 0 Å². The van der Waals surface area contributed by atoms with E-state index in [-0.39, 0.29) is 38.2 Å². The molecule has 0 saturated carbocycles. The Morgan fingerprint density at radius 1 is 1.44 bits per heavy atom. The molecule has 1 rings (SSSR count). The van der Waals surface area contributed by atoms with E-state index in [1.165, 1.54) is 15.9 Å². The van der Waals surface area contributed by atoms with Crippen LogP contribution in [0.4, 0.5) is 9.59 Å². The lowest BCUT2D eigenvalue weighted by Crippen LogP contribution is -2.60. The summed E-state index contributed by atoms with van der Waals surface area (Å²) in [5, 5.41) is 2.80. The Labute approximate surface area is 149 Å². The fraction of sp³-hybridized carbons (Fsp3) is 0.706. The van der Waals surface area contributed by atoms with Gasteiger partial charge in [-0.25, -0.2) is 9.59 Å². The van der Waals surface area contributed by atoms with Crippen LogP contribution in [0.3, 0.4) is 0 Å². The minimum absolute atomic E-state index is 0.0689. The van der Waals surface area contributed by atoms with Crippen LogP contribution in [0.2, 0.25) is 0 Å². The van der Waals surface area contributed by atoms with Crippen molar-refractivity contribution in [1.82, 2.24) is 15.1 Å². The van der Waals surface area contributed by atoms with E-state index in [9.17, 15) is 14.4 Å². The van der Waals surface area contributed by atoms with Crippen LogP contribution in [-0.2, 0) is 14.3 Å². The first kappa shape index (κ1) is 20.8. The summed E-state index contributed by atoms with van der Waals surface area (Å²) in [6, 6.07) is -0.512. The van der Waals surface area contributed by atoms with Gasteiger partial charge in [0.05, 0.1) is 6.04 Å². The summed E-state index contributed by atoms with van der Waals surface area (Å²) < 4.78 is 10.4. The Hall–Kier alpha value is -2.25. The van der Waals surface area contributed by atoms with Gasteiger partial charge in [0.2, 0.25) is 5.91 Å². The molecule has 1 aliphatic rings. The highest BCUT2D eigenvalue weighted by atomic mass is 16.6. The Kier molecular flexibility index (Phi) is 7.26. The van der Waals surface area contributed by atoms with Crippen molar-refractivity contribution < 1.29 is 23.9 Å². The SMILES string of the molecule is C=CCOC(=O)N1CC(=O)NC(CN(C(=O)OC(C)(C)C)C(C)C)C1.